The predicted octanol–water partition coefficient (Wildman–Crippen LogP) is 1.72. The molecule has 19 heavy (non-hydrogen) atoms. The number of carboxylic acids is 1. The molecule has 1 aliphatic heterocycles. The third-order valence-corrected chi connectivity index (χ3v) is 3.63. The first-order chi connectivity index (χ1) is 9.17. The number of carbonyl (C=O) groups is 2. The summed E-state index contributed by atoms with van der Waals surface area (Å²) in [7, 11) is 0. The second kappa shape index (κ2) is 5.80. The van der Waals surface area contributed by atoms with Gasteiger partial charge in [-0.15, -0.1) is 6.58 Å². The van der Waals surface area contributed by atoms with Crippen LogP contribution in [0.2, 0.25) is 0 Å². The van der Waals surface area contributed by atoms with Crippen molar-refractivity contribution >= 4 is 12.3 Å². The summed E-state index contributed by atoms with van der Waals surface area (Å²) in [6.45, 7) is 4.25. The molecule has 1 saturated heterocycles. The van der Waals surface area contributed by atoms with Gasteiger partial charge < -0.3 is 9.90 Å². The number of likely N-dealkylation sites (tertiary alicyclic amines) is 1. The molecule has 1 aliphatic rings. The lowest BCUT2D eigenvalue weighted by Gasteiger charge is -2.26. The second-order valence-corrected chi connectivity index (χ2v) is 4.77. The number of nitrogens with zero attached hydrogens (tertiary/aromatic N) is 1. The molecule has 0 aliphatic carbocycles. The van der Waals surface area contributed by atoms with E-state index in [1.165, 1.54) is 0 Å². The van der Waals surface area contributed by atoms with Gasteiger partial charge in [0, 0.05) is 18.5 Å². The summed E-state index contributed by atoms with van der Waals surface area (Å²) in [5, 5.41) is 9.30. The van der Waals surface area contributed by atoms with E-state index >= 15 is 0 Å². The highest BCUT2D eigenvalue weighted by Crippen LogP contribution is 2.31. The van der Waals surface area contributed by atoms with Gasteiger partial charge in [0.15, 0.2) is 0 Å². The number of aldehydes is 1. The van der Waals surface area contributed by atoms with Crippen molar-refractivity contribution in [2.24, 2.45) is 5.92 Å². The van der Waals surface area contributed by atoms with E-state index < -0.39 is 12.0 Å². The molecule has 0 aromatic heterocycles. The van der Waals surface area contributed by atoms with Crippen LogP contribution in [-0.2, 0) is 16.1 Å². The van der Waals surface area contributed by atoms with Crippen LogP contribution in [0.1, 0.15) is 12.0 Å². The standard InChI is InChI=1S/C15H17NO3/c1-2-13-12(10-17)8-14(15(18)19)16(13)9-11-6-4-3-5-7-11/h2-7,10,12-14H,1,8-9H2,(H,18,19)/t12?,13-,14?/m0/s1. The van der Waals surface area contributed by atoms with Crippen LogP contribution in [-0.4, -0.2) is 34.3 Å². The van der Waals surface area contributed by atoms with Crippen LogP contribution in [0.5, 0.6) is 0 Å². The molecular weight excluding hydrogens is 242 g/mol. The van der Waals surface area contributed by atoms with Gasteiger partial charge in [0.1, 0.15) is 12.3 Å². The Hall–Kier alpha value is -1.94. The van der Waals surface area contributed by atoms with Crippen molar-refractivity contribution in [3.8, 4) is 0 Å². The number of carbonyl (C=O) groups excluding carboxylic acids is 1. The van der Waals surface area contributed by atoms with E-state index in [-0.39, 0.29) is 12.0 Å². The van der Waals surface area contributed by atoms with Gasteiger partial charge in [0.05, 0.1) is 0 Å². The van der Waals surface area contributed by atoms with Crippen molar-refractivity contribution in [2.75, 3.05) is 0 Å². The maximum absolute atomic E-state index is 11.3. The van der Waals surface area contributed by atoms with E-state index in [2.05, 4.69) is 6.58 Å². The summed E-state index contributed by atoms with van der Waals surface area (Å²) in [6, 6.07) is 8.82. The van der Waals surface area contributed by atoms with Crippen molar-refractivity contribution in [3.05, 3.63) is 48.6 Å². The van der Waals surface area contributed by atoms with E-state index in [4.69, 9.17) is 0 Å². The van der Waals surface area contributed by atoms with Crippen molar-refractivity contribution < 1.29 is 14.7 Å². The van der Waals surface area contributed by atoms with Crippen molar-refractivity contribution in [1.82, 2.24) is 4.90 Å². The minimum Gasteiger partial charge on any atom is -0.480 e. The number of carboxylic acid groups (broad SMARTS) is 1. The number of hydrogen-bond acceptors (Lipinski definition) is 3. The molecule has 1 fully saturated rings. The highest BCUT2D eigenvalue weighted by molar-refractivity contribution is 5.75. The Bertz CT molecular complexity index is 472. The number of benzene rings is 1. The number of hydrogen-bond donors (Lipinski definition) is 1. The van der Waals surface area contributed by atoms with Gasteiger partial charge in [-0.05, 0) is 12.0 Å². The molecule has 1 aromatic rings. The highest BCUT2D eigenvalue weighted by atomic mass is 16.4. The molecule has 0 amide bonds. The van der Waals surface area contributed by atoms with Gasteiger partial charge in [-0.25, -0.2) is 0 Å². The van der Waals surface area contributed by atoms with Gasteiger partial charge in [0.2, 0.25) is 0 Å². The Morgan fingerprint density at radius 3 is 2.63 bits per heavy atom. The van der Waals surface area contributed by atoms with E-state index in [9.17, 15) is 14.7 Å². The Kier molecular flexibility index (Phi) is 4.12. The minimum atomic E-state index is -0.882. The largest absolute Gasteiger partial charge is 0.480 e. The first-order valence-electron chi connectivity index (χ1n) is 6.27. The molecule has 0 saturated carbocycles. The second-order valence-electron chi connectivity index (χ2n) is 4.77. The summed E-state index contributed by atoms with van der Waals surface area (Å²) in [5.41, 5.74) is 1.03. The highest BCUT2D eigenvalue weighted by Gasteiger charge is 2.42. The predicted molar refractivity (Wildman–Crippen MR) is 71.6 cm³/mol. The summed E-state index contributed by atoms with van der Waals surface area (Å²) in [4.78, 5) is 24.2. The maximum Gasteiger partial charge on any atom is 0.320 e. The molecule has 0 bridgehead atoms. The van der Waals surface area contributed by atoms with Crippen LogP contribution in [0.25, 0.3) is 0 Å². The topological polar surface area (TPSA) is 57.6 Å². The summed E-state index contributed by atoms with van der Waals surface area (Å²) in [5.74, 6) is -1.17. The van der Waals surface area contributed by atoms with Crippen LogP contribution < -0.4 is 0 Å². The lowest BCUT2D eigenvalue weighted by Crippen LogP contribution is -2.40. The Morgan fingerprint density at radius 1 is 1.42 bits per heavy atom. The smallest absolute Gasteiger partial charge is 0.320 e. The first-order valence-corrected chi connectivity index (χ1v) is 6.27. The van der Waals surface area contributed by atoms with Gasteiger partial charge >= 0.3 is 5.97 Å². The SMILES string of the molecule is C=C[C@H]1C(C=O)CC(C(=O)O)N1Cc1ccccc1. The van der Waals surface area contributed by atoms with E-state index in [0.717, 1.165) is 11.8 Å². The van der Waals surface area contributed by atoms with E-state index in [1.54, 1.807) is 6.08 Å². The quantitative estimate of drug-likeness (QED) is 0.646. The van der Waals surface area contributed by atoms with E-state index in [0.29, 0.717) is 13.0 Å². The molecule has 1 aromatic carbocycles. The normalized spacial score (nSPS) is 27.1. The zero-order chi connectivity index (χ0) is 13.8. The monoisotopic (exact) mass is 259 g/mol. The summed E-state index contributed by atoms with van der Waals surface area (Å²) < 4.78 is 0. The van der Waals surface area contributed by atoms with Gasteiger partial charge in [-0.2, -0.15) is 0 Å². The molecule has 1 N–H and O–H groups in total. The molecule has 0 spiro atoms. The fourth-order valence-electron chi connectivity index (χ4n) is 2.69. The van der Waals surface area contributed by atoms with Crippen molar-refractivity contribution in [3.63, 3.8) is 0 Å². The van der Waals surface area contributed by atoms with Crippen LogP contribution in [0.3, 0.4) is 0 Å². The Labute approximate surface area is 112 Å². The van der Waals surface area contributed by atoms with Gasteiger partial charge in [0.25, 0.3) is 0 Å². The average molecular weight is 259 g/mol. The zero-order valence-corrected chi connectivity index (χ0v) is 10.6. The molecule has 1 heterocycles. The van der Waals surface area contributed by atoms with Crippen LogP contribution in [0.15, 0.2) is 43.0 Å². The average Bonchev–Trinajstić information content (AvgIpc) is 2.77. The molecule has 0 radical (unpaired) electrons. The first kappa shape index (κ1) is 13.5. The van der Waals surface area contributed by atoms with Crippen LogP contribution in [0.4, 0.5) is 0 Å². The van der Waals surface area contributed by atoms with Crippen LogP contribution >= 0.6 is 0 Å². The molecule has 4 nitrogen and oxygen atoms in total. The van der Waals surface area contributed by atoms with Crippen LogP contribution in [0, 0.1) is 5.92 Å². The maximum atomic E-state index is 11.3. The third kappa shape index (κ3) is 2.74. The van der Waals surface area contributed by atoms with Gasteiger partial charge in [-0.3, -0.25) is 9.69 Å². The summed E-state index contributed by atoms with van der Waals surface area (Å²) in [6.07, 6.45) is 2.86. The molecule has 2 rings (SSSR count). The summed E-state index contributed by atoms with van der Waals surface area (Å²) >= 11 is 0. The lowest BCUT2D eigenvalue weighted by atomic mass is 10.0. The van der Waals surface area contributed by atoms with E-state index in [1.807, 2.05) is 35.2 Å². The zero-order valence-electron chi connectivity index (χ0n) is 10.6. The molecule has 4 heteroatoms. The fraction of sp³-hybridized carbons (Fsp3) is 0.333. The lowest BCUT2D eigenvalue weighted by molar-refractivity contribution is -0.142. The number of aliphatic carboxylic acids is 1. The molecule has 3 atom stereocenters. The minimum absolute atomic E-state index is 0.209. The number of rotatable bonds is 5. The van der Waals surface area contributed by atoms with Crippen molar-refractivity contribution in [1.29, 1.82) is 0 Å². The van der Waals surface area contributed by atoms with Gasteiger partial charge in [-0.1, -0.05) is 36.4 Å². The third-order valence-electron chi connectivity index (χ3n) is 3.63. The molecular formula is C15H17NO3. The Morgan fingerprint density at radius 2 is 2.11 bits per heavy atom. The molecule has 100 valence electrons. The Balaban J connectivity index is 2.24. The van der Waals surface area contributed by atoms with Crippen molar-refractivity contribution in [2.45, 2.75) is 25.0 Å². The fourth-order valence-corrected chi connectivity index (χ4v) is 2.69. The molecule has 2 unspecified atom stereocenters.